The van der Waals surface area contributed by atoms with Gasteiger partial charge in [-0.05, 0) is 41.7 Å². The van der Waals surface area contributed by atoms with E-state index in [0.717, 1.165) is 33.8 Å². The molecule has 0 saturated carbocycles. The molecule has 1 N–H and O–H groups in total. The third kappa shape index (κ3) is 3.21. The number of phenolic OH excluding ortho intramolecular Hbond substituents is 1. The predicted molar refractivity (Wildman–Crippen MR) is 120 cm³/mol. The second kappa shape index (κ2) is 7.75. The van der Waals surface area contributed by atoms with Gasteiger partial charge in [0.25, 0.3) is 0 Å². The van der Waals surface area contributed by atoms with Gasteiger partial charge in [0.2, 0.25) is 0 Å². The zero-order chi connectivity index (χ0) is 22.4. The largest absolute Gasteiger partial charge is 0.508 e. The maximum absolute atomic E-state index is 13.0. The number of aromatic hydroxyl groups is 1. The average molecular weight is 428 g/mol. The number of aromatic nitrogens is 4. The highest BCUT2D eigenvalue weighted by Gasteiger charge is 2.33. The van der Waals surface area contributed by atoms with Crippen LogP contribution < -0.4 is 4.74 Å². The molecule has 0 aliphatic heterocycles. The number of hydrogen-bond acceptors (Lipinski definition) is 6. The molecule has 4 aromatic rings. The molecule has 5 rings (SSSR count). The van der Waals surface area contributed by atoms with E-state index in [1.165, 1.54) is 0 Å². The fraction of sp³-hybridized carbons (Fsp3) is 0.280. The molecule has 1 atom stereocenters. The predicted octanol–water partition coefficient (Wildman–Crippen LogP) is 4.54. The maximum atomic E-state index is 13.0. The van der Waals surface area contributed by atoms with Crippen molar-refractivity contribution in [3.63, 3.8) is 0 Å². The minimum absolute atomic E-state index is 0.0819. The molecule has 7 heteroatoms. The summed E-state index contributed by atoms with van der Waals surface area (Å²) in [5.74, 6) is 0.907. The summed E-state index contributed by atoms with van der Waals surface area (Å²) in [6.07, 6.45) is 0.834. The minimum Gasteiger partial charge on any atom is -0.508 e. The van der Waals surface area contributed by atoms with Gasteiger partial charge in [0.15, 0.2) is 17.1 Å². The Morgan fingerprint density at radius 2 is 1.81 bits per heavy atom. The Morgan fingerprint density at radius 3 is 2.50 bits per heavy atom. The van der Waals surface area contributed by atoms with Gasteiger partial charge in [-0.25, -0.2) is 4.52 Å². The molecule has 7 nitrogen and oxygen atoms in total. The van der Waals surface area contributed by atoms with Crippen LogP contribution in [0, 0.1) is 0 Å². The fourth-order valence-corrected chi connectivity index (χ4v) is 4.48. The number of nitrogens with zero attached hydrogens (tertiary/aromatic N) is 4. The molecular weight excluding hydrogens is 404 g/mol. The number of phenols is 1. The van der Waals surface area contributed by atoms with Crippen LogP contribution in [0.3, 0.4) is 0 Å². The number of ether oxygens (including phenoxy) is 1. The molecule has 2 heterocycles. The molecular formula is C25H24N4O3. The molecule has 0 radical (unpaired) electrons. The summed E-state index contributed by atoms with van der Waals surface area (Å²) in [6, 6.07) is 15.0. The van der Waals surface area contributed by atoms with Gasteiger partial charge in [-0.3, -0.25) is 4.79 Å². The molecule has 0 spiro atoms. The average Bonchev–Trinajstić information content (AvgIpc) is 3.20. The second-order valence-electron chi connectivity index (χ2n) is 8.46. The van der Waals surface area contributed by atoms with Crippen molar-refractivity contribution < 1.29 is 14.6 Å². The van der Waals surface area contributed by atoms with Crippen LogP contribution in [0.15, 0.2) is 48.5 Å². The van der Waals surface area contributed by atoms with E-state index in [-0.39, 0.29) is 29.8 Å². The second-order valence-corrected chi connectivity index (χ2v) is 8.46. The lowest BCUT2D eigenvalue weighted by molar-refractivity contribution is 0.0955. The quantitative estimate of drug-likeness (QED) is 0.513. The summed E-state index contributed by atoms with van der Waals surface area (Å²) in [5, 5.41) is 24.0. The number of benzene rings is 2. The highest BCUT2D eigenvalue weighted by Crippen LogP contribution is 2.38. The fourth-order valence-electron chi connectivity index (χ4n) is 4.48. The Kier molecular flexibility index (Phi) is 4.89. The monoisotopic (exact) mass is 428 g/mol. The molecule has 32 heavy (non-hydrogen) atoms. The Labute approximate surface area is 185 Å². The van der Waals surface area contributed by atoms with Gasteiger partial charge in [-0.15, -0.1) is 10.2 Å². The number of fused-ring (bicyclic) bond motifs is 3. The van der Waals surface area contributed by atoms with Gasteiger partial charge >= 0.3 is 0 Å². The number of carbonyl (C=O) groups is 1. The highest BCUT2D eigenvalue weighted by atomic mass is 16.5. The number of hydrogen-bond donors (Lipinski definition) is 1. The lowest BCUT2D eigenvalue weighted by Crippen LogP contribution is -2.24. The summed E-state index contributed by atoms with van der Waals surface area (Å²) in [4.78, 5) is 13.0. The first kappa shape index (κ1) is 20.2. The lowest BCUT2D eigenvalue weighted by atomic mass is 9.83. The van der Waals surface area contributed by atoms with Crippen LogP contribution in [-0.2, 0) is 6.42 Å². The summed E-state index contributed by atoms with van der Waals surface area (Å²) in [5.41, 5.74) is 5.28. The SMILES string of the molecule is COc1ccc(-c2c(C(C)C)nn3c4c(nnc23)C(=O)C[C@H](c2ccccc2O)C4)cc1. The van der Waals surface area contributed by atoms with Crippen molar-refractivity contribution in [2.75, 3.05) is 7.11 Å². The lowest BCUT2D eigenvalue weighted by Gasteiger charge is -2.23. The van der Waals surface area contributed by atoms with E-state index in [1.807, 2.05) is 36.4 Å². The van der Waals surface area contributed by atoms with Crippen molar-refractivity contribution in [2.45, 2.75) is 38.5 Å². The summed E-state index contributed by atoms with van der Waals surface area (Å²) in [6.45, 7) is 4.18. The number of Topliss-reactive ketones (excluding diaryl/α,β-unsaturated/α-hetero) is 1. The Hall–Kier alpha value is -3.74. The molecule has 0 bridgehead atoms. The van der Waals surface area contributed by atoms with Crippen LogP contribution in [0.1, 0.15) is 59.5 Å². The molecule has 1 aliphatic carbocycles. The van der Waals surface area contributed by atoms with Crippen molar-refractivity contribution in [3.8, 4) is 22.6 Å². The van der Waals surface area contributed by atoms with E-state index in [0.29, 0.717) is 17.8 Å². The molecule has 0 unspecified atom stereocenters. The molecule has 1 aliphatic rings. The van der Waals surface area contributed by atoms with Crippen molar-refractivity contribution in [1.82, 2.24) is 19.8 Å². The van der Waals surface area contributed by atoms with Crippen molar-refractivity contribution in [3.05, 3.63) is 71.2 Å². The van der Waals surface area contributed by atoms with Crippen LogP contribution >= 0.6 is 0 Å². The first-order valence-electron chi connectivity index (χ1n) is 10.7. The van der Waals surface area contributed by atoms with E-state index >= 15 is 0 Å². The van der Waals surface area contributed by atoms with Crippen LogP contribution in [-0.4, -0.2) is 37.8 Å². The summed E-state index contributed by atoms with van der Waals surface area (Å²) in [7, 11) is 1.64. The minimum atomic E-state index is -0.139. The Balaban J connectivity index is 1.69. The third-order valence-corrected chi connectivity index (χ3v) is 6.10. The highest BCUT2D eigenvalue weighted by molar-refractivity contribution is 5.97. The van der Waals surface area contributed by atoms with Crippen molar-refractivity contribution in [1.29, 1.82) is 0 Å². The van der Waals surface area contributed by atoms with E-state index in [4.69, 9.17) is 9.84 Å². The smallest absolute Gasteiger partial charge is 0.185 e. The maximum Gasteiger partial charge on any atom is 0.185 e. The Bertz CT molecular complexity index is 1330. The Morgan fingerprint density at radius 1 is 1.06 bits per heavy atom. The van der Waals surface area contributed by atoms with Gasteiger partial charge in [-0.2, -0.15) is 5.10 Å². The standard InChI is InChI=1S/C25H24N4O3/c1-14(2)23-22(15-8-10-17(32-3)11-9-15)25-27-26-24-19(29(25)28-23)12-16(13-21(24)31)18-6-4-5-7-20(18)30/h4-11,14,16,30H,12-13H2,1-3H3/t16-/m1/s1. The third-order valence-electron chi connectivity index (χ3n) is 6.10. The van der Waals surface area contributed by atoms with Gasteiger partial charge in [0.05, 0.1) is 24.1 Å². The van der Waals surface area contributed by atoms with Crippen LogP contribution in [0.4, 0.5) is 0 Å². The number of methoxy groups -OCH3 is 1. The van der Waals surface area contributed by atoms with Crippen LogP contribution in [0.5, 0.6) is 11.5 Å². The van der Waals surface area contributed by atoms with Gasteiger partial charge < -0.3 is 9.84 Å². The van der Waals surface area contributed by atoms with Crippen LogP contribution in [0.2, 0.25) is 0 Å². The van der Waals surface area contributed by atoms with Gasteiger partial charge in [-0.1, -0.05) is 44.2 Å². The topological polar surface area (TPSA) is 89.6 Å². The van der Waals surface area contributed by atoms with E-state index in [1.54, 1.807) is 23.8 Å². The molecule has 2 aromatic heterocycles. The van der Waals surface area contributed by atoms with Gasteiger partial charge in [0, 0.05) is 12.3 Å². The van der Waals surface area contributed by atoms with Crippen molar-refractivity contribution >= 4 is 11.4 Å². The zero-order valence-corrected chi connectivity index (χ0v) is 18.2. The van der Waals surface area contributed by atoms with E-state index in [2.05, 4.69) is 24.0 Å². The van der Waals surface area contributed by atoms with Gasteiger partial charge in [0.1, 0.15) is 11.5 Å². The number of carbonyl (C=O) groups excluding carboxylic acids is 1. The van der Waals surface area contributed by atoms with E-state index in [9.17, 15) is 9.90 Å². The number of para-hydroxylation sites is 1. The molecule has 0 saturated heterocycles. The molecule has 162 valence electrons. The first-order valence-corrected chi connectivity index (χ1v) is 10.7. The molecule has 2 aromatic carbocycles. The number of ketones is 1. The molecule has 0 amide bonds. The zero-order valence-electron chi connectivity index (χ0n) is 18.2. The summed E-state index contributed by atoms with van der Waals surface area (Å²) < 4.78 is 7.07. The van der Waals surface area contributed by atoms with E-state index < -0.39 is 0 Å². The molecule has 0 fully saturated rings. The number of rotatable bonds is 4. The summed E-state index contributed by atoms with van der Waals surface area (Å²) >= 11 is 0. The van der Waals surface area contributed by atoms with Crippen LogP contribution in [0.25, 0.3) is 16.8 Å². The van der Waals surface area contributed by atoms with Crippen molar-refractivity contribution in [2.24, 2.45) is 0 Å². The first-order chi connectivity index (χ1) is 15.5. The normalized spacial score (nSPS) is 15.9.